The Balaban J connectivity index is 2.52. The molecule has 0 spiro atoms. The zero-order chi connectivity index (χ0) is 9.26. The Morgan fingerprint density at radius 3 is 2.92 bits per heavy atom. The van der Waals surface area contributed by atoms with Gasteiger partial charge in [-0.2, -0.15) is 0 Å². The molecule has 0 saturated carbocycles. The van der Waals surface area contributed by atoms with E-state index in [4.69, 9.17) is 16.8 Å². The van der Waals surface area contributed by atoms with E-state index in [2.05, 4.69) is 5.16 Å². The Morgan fingerprint density at radius 1 is 1.31 bits per heavy atom. The van der Waals surface area contributed by atoms with Gasteiger partial charge < -0.3 is 5.21 Å². The van der Waals surface area contributed by atoms with Crippen molar-refractivity contribution in [2.75, 3.05) is 0 Å². The van der Waals surface area contributed by atoms with Gasteiger partial charge in [-0.15, -0.1) is 0 Å². The van der Waals surface area contributed by atoms with Gasteiger partial charge in [-0.3, -0.25) is 0 Å². The van der Waals surface area contributed by atoms with Gasteiger partial charge in [0.05, 0.1) is 5.71 Å². The molecule has 0 bridgehead atoms. The number of nitrogens with zero attached hydrogens (tertiary/aromatic N) is 1. The fourth-order valence-corrected chi connectivity index (χ4v) is 1.93. The highest BCUT2D eigenvalue weighted by Crippen LogP contribution is 2.24. The first-order valence-electron chi connectivity index (χ1n) is 4.31. The highest BCUT2D eigenvalue weighted by Gasteiger charge is 2.15. The molecule has 1 aliphatic rings. The van der Waals surface area contributed by atoms with E-state index < -0.39 is 0 Å². The minimum atomic E-state index is 0.748. The summed E-state index contributed by atoms with van der Waals surface area (Å²) in [6.07, 6.45) is 2.91. The molecule has 0 aromatic heterocycles. The lowest BCUT2D eigenvalue weighted by Crippen LogP contribution is -2.11. The highest BCUT2D eigenvalue weighted by atomic mass is 35.5. The number of benzene rings is 1. The second-order valence-electron chi connectivity index (χ2n) is 3.20. The molecule has 0 amide bonds. The Bertz CT molecular complexity index is 360. The summed E-state index contributed by atoms with van der Waals surface area (Å²) in [6.45, 7) is 0. The highest BCUT2D eigenvalue weighted by molar-refractivity contribution is 6.30. The molecule has 2 rings (SSSR count). The van der Waals surface area contributed by atoms with Crippen LogP contribution in [-0.4, -0.2) is 10.9 Å². The molecule has 2 nitrogen and oxygen atoms in total. The molecule has 1 aliphatic carbocycles. The first-order valence-corrected chi connectivity index (χ1v) is 4.69. The summed E-state index contributed by atoms with van der Waals surface area (Å²) in [5.41, 5.74) is 3.00. The summed E-state index contributed by atoms with van der Waals surface area (Å²) in [7, 11) is 0. The molecule has 13 heavy (non-hydrogen) atoms. The van der Waals surface area contributed by atoms with Crippen molar-refractivity contribution in [3.05, 3.63) is 34.3 Å². The van der Waals surface area contributed by atoms with E-state index in [-0.39, 0.29) is 0 Å². The maximum atomic E-state index is 8.76. The summed E-state index contributed by atoms with van der Waals surface area (Å²) in [5, 5.41) is 12.8. The van der Waals surface area contributed by atoms with Crippen molar-refractivity contribution >= 4 is 17.3 Å². The van der Waals surface area contributed by atoms with Crippen LogP contribution < -0.4 is 0 Å². The number of halogens is 1. The Morgan fingerprint density at radius 2 is 2.15 bits per heavy atom. The van der Waals surface area contributed by atoms with Gasteiger partial charge in [-0.1, -0.05) is 22.8 Å². The molecule has 1 aromatic rings. The van der Waals surface area contributed by atoms with Crippen LogP contribution in [0.15, 0.2) is 23.4 Å². The number of rotatable bonds is 0. The molecule has 0 aliphatic heterocycles. The van der Waals surface area contributed by atoms with Crippen LogP contribution in [-0.2, 0) is 6.42 Å². The maximum Gasteiger partial charge on any atom is 0.0870 e. The van der Waals surface area contributed by atoms with E-state index >= 15 is 0 Å². The zero-order valence-corrected chi connectivity index (χ0v) is 7.88. The molecule has 0 unspecified atom stereocenters. The molecular formula is C10H10ClNO. The molecule has 1 aromatic carbocycles. The number of oxime groups is 1. The molecule has 3 heteroatoms. The minimum Gasteiger partial charge on any atom is -0.411 e. The fourth-order valence-electron chi connectivity index (χ4n) is 1.74. The van der Waals surface area contributed by atoms with Gasteiger partial charge in [0.2, 0.25) is 0 Å². The van der Waals surface area contributed by atoms with Gasteiger partial charge >= 0.3 is 0 Å². The molecule has 0 radical (unpaired) electrons. The van der Waals surface area contributed by atoms with Gasteiger partial charge in [0.1, 0.15) is 0 Å². The summed E-state index contributed by atoms with van der Waals surface area (Å²) in [6, 6.07) is 5.70. The Labute approximate surface area is 81.8 Å². The van der Waals surface area contributed by atoms with Crippen molar-refractivity contribution < 1.29 is 5.21 Å². The lowest BCUT2D eigenvalue weighted by molar-refractivity contribution is 0.317. The monoisotopic (exact) mass is 195 g/mol. The summed E-state index contributed by atoms with van der Waals surface area (Å²) in [4.78, 5) is 0. The van der Waals surface area contributed by atoms with E-state index in [0.29, 0.717) is 0 Å². The number of hydrogen-bond acceptors (Lipinski definition) is 2. The van der Waals surface area contributed by atoms with Crippen LogP contribution in [0.4, 0.5) is 0 Å². The van der Waals surface area contributed by atoms with E-state index in [1.807, 2.05) is 18.2 Å². The van der Waals surface area contributed by atoms with Crippen molar-refractivity contribution in [2.24, 2.45) is 5.16 Å². The predicted molar refractivity (Wildman–Crippen MR) is 52.7 cm³/mol. The van der Waals surface area contributed by atoms with Crippen molar-refractivity contribution in [1.82, 2.24) is 0 Å². The van der Waals surface area contributed by atoms with Crippen molar-refractivity contribution in [3.8, 4) is 0 Å². The van der Waals surface area contributed by atoms with Crippen LogP contribution in [0.1, 0.15) is 24.0 Å². The van der Waals surface area contributed by atoms with Crippen LogP contribution in [0.2, 0.25) is 5.02 Å². The number of fused-ring (bicyclic) bond motifs is 1. The maximum absolute atomic E-state index is 8.76. The normalized spacial score (nSPS) is 18.7. The van der Waals surface area contributed by atoms with Gasteiger partial charge in [0.25, 0.3) is 0 Å². The summed E-state index contributed by atoms with van der Waals surface area (Å²) < 4.78 is 0. The third-order valence-corrected chi connectivity index (χ3v) is 2.59. The third kappa shape index (κ3) is 1.54. The standard InChI is InChI=1S/C10H10ClNO/c11-8-4-5-9-7(6-8)2-1-3-10(9)12-13/h4-6,13H,1-3H2. The van der Waals surface area contributed by atoms with Crippen LogP contribution in [0.25, 0.3) is 0 Å². The first-order chi connectivity index (χ1) is 6.31. The van der Waals surface area contributed by atoms with E-state index in [9.17, 15) is 0 Å². The molecule has 0 saturated heterocycles. The molecule has 68 valence electrons. The van der Waals surface area contributed by atoms with Crippen LogP contribution in [0.3, 0.4) is 0 Å². The van der Waals surface area contributed by atoms with Gasteiger partial charge in [0.15, 0.2) is 0 Å². The van der Waals surface area contributed by atoms with E-state index in [1.54, 1.807) is 0 Å². The summed E-state index contributed by atoms with van der Waals surface area (Å²) >= 11 is 5.87. The van der Waals surface area contributed by atoms with Gasteiger partial charge in [-0.25, -0.2) is 0 Å². The largest absolute Gasteiger partial charge is 0.411 e. The second kappa shape index (κ2) is 3.38. The Kier molecular flexibility index (Phi) is 2.23. The van der Waals surface area contributed by atoms with Crippen molar-refractivity contribution in [3.63, 3.8) is 0 Å². The van der Waals surface area contributed by atoms with Crippen LogP contribution >= 0.6 is 11.6 Å². The average Bonchev–Trinajstić information content (AvgIpc) is 2.16. The fraction of sp³-hybridized carbons (Fsp3) is 0.300. The van der Waals surface area contributed by atoms with Crippen LogP contribution in [0, 0.1) is 0 Å². The zero-order valence-electron chi connectivity index (χ0n) is 7.13. The minimum absolute atomic E-state index is 0.748. The Hall–Kier alpha value is -1.02. The van der Waals surface area contributed by atoms with Crippen molar-refractivity contribution in [2.45, 2.75) is 19.3 Å². The quantitative estimate of drug-likeness (QED) is 0.501. The second-order valence-corrected chi connectivity index (χ2v) is 3.64. The molecule has 1 N–H and O–H groups in total. The third-order valence-electron chi connectivity index (χ3n) is 2.36. The summed E-state index contributed by atoms with van der Waals surface area (Å²) in [5.74, 6) is 0. The molecule has 0 fully saturated rings. The lowest BCUT2D eigenvalue weighted by atomic mass is 9.90. The van der Waals surface area contributed by atoms with Crippen molar-refractivity contribution in [1.29, 1.82) is 0 Å². The van der Waals surface area contributed by atoms with Gasteiger partial charge in [0, 0.05) is 10.6 Å². The lowest BCUT2D eigenvalue weighted by Gasteiger charge is -2.16. The van der Waals surface area contributed by atoms with E-state index in [1.165, 1.54) is 5.56 Å². The molecular weight excluding hydrogens is 186 g/mol. The van der Waals surface area contributed by atoms with Crippen LogP contribution in [0.5, 0.6) is 0 Å². The van der Waals surface area contributed by atoms with Gasteiger partial charge in [-0.05, 0) is 37.0 Å². The SMILES string of the molecule is ON=C1CCCc2cc(Cl)ccc21. The number of aryl methyl sites for hydroxylation is 1. The first kappa shape index (κ1) is 8.57. The van der Waals surface area contributed by atoms with E-state index in [0.717, 1.165) is 35.6 Å². The predicted octanol–water partition coefficient (Wildman–Crippen LogP) is 2.85. The molecule has 0 atom stereocenters. The average molecular weight is 196 g/mol. The topological polar surface area (TPSA) is 32.6 Å². The number of hydrogen-bond donors (Lipinski definition) is 1. The molecule has 0 heterocycles. The smallest absolute Gasteiger partial charge is 0.0870 e.